The number of carbonyl (C=O) groups excluding carboxylic acids is 1. The van der Waals surface area contributed by atoms with Crippen molar-refractivity contribution >= 4 is 11.6 Å². The van der Waals surface area contributed by atoms with Crippen LogP contribution in [0.2, 0.25) is 0 Å². The lowest BCUT2D eigenvalue weighted by Crippen LogP contribution is -2.29. The number of hydrogen-bond acceptors (Lipinski definition) is 3. The van der Waals surface area contributed by atoms with Crippen LogP contribution >= 0.6 is 0 Å². The van der Waals surface area contributed by atoms with Crippen molar-refractivity contribution in [3.63, 3.8) is 0 Å². The molecule has 1 saturated heterocycles. The number of anilines is 1. The predicted octanol–water partition coefficient (Wildman–Crippen LogP) is 3.66. The van der Waals surface area contributed by atoms with E-state index in [1.807, 2.05) is 12.1 Å². The van der Waals surface area contributed by atoms with Crippen molar-refractivity contribution in [2.45, 2.75) is 25.7 Å². The summed E-state index contributed by atoms with van der Waals surface area (Å²) in [5, 5.41) is 2.97. The lowest BCUT2D eigenvalue weighted by molar-refractivity contribution is 0.0954. The van der Waals surface area contributed by atoms with Gasteiger partial charge in [-0.1, -0.05) is 18.2 Å². The average Bonchev–Trinajstić information content (AvgIpc) is 2.69. The van der Waals surface area contributed by atoms with Gasteiger partial charge in [0.2, 0.25) is 0 Å². The van der Waals surface area contributed by atoms with Crippen LogP contribution in [0.5, 0.6) is 5.75 Å². The van der Waals surface area contributed by atoms with Gasteiger partial charge in [-0.15, -0.1) is 0 Å². The maximum absolute atomic E-state index is 12.2. The van der Waals surface area contributed by atoms with Gasteiger partial charge in [-0.2, -0.15) is 0 Å². The molecule has 1 aliphatic rings. The molecule has 2 aromatic rings. The SMILES string of the molecule is COc1cccc(C(=O)NCCc2ccc(N3CCCCC3)cc2)c1. The molecule has 4 heteroatoms. The molecular weight excluding hydrogens is 312 g/mol. The normalized spacial score (nSPS) is 14.2. The van der Waals surface area contributed by atoms with Crippen molar-refractivity contribution in [1.82, 2.24) is 5.32 Å². The van der Waals surface area contributed by atoms with Crippen molar-refractivity contribution in [3.05, 3.63) is 59.7 Å². The Labute approximate surface area is 149 Å². The molecule has 0 aliphatic carbocycles. The van der Waals surface area contributed by atoms with Gasteiger partial charge in [-0.05, 0) is 61.6 Å². The Morgan fingerprint density at radius 3 is 2.56 bits per heavy atom. The van der Waals surface area contributed by atoms with Crippen LogP contribution < -0.4 is 15.0 Å². The highest BCUT2D eigenvalue weighted by atomic mass is 16.5. The average molecular weight is 338 g/mol. The fraction of sp³-hybridized carbons (Fsp3) is 0.381. The summed E-state index contributed by atoms with van der Waals surface area (Å²) in [5.41, 5.74) is 3.18. The third-order valence-corrected chi connectivity index (χ3v) is 4.69. The van der Waals surface area contributed by atoms with E-state index in [-0.39, 0.29) is 5.91 Å². The monoisotopic (exact) mass is 338 g/mol. The van der Waals surface area contributed by atoms with Gasteiger partial charge >= 0.3 is 0 Å². The molecule has 1 amide bonds. The van der Waals surface area contributed by atoms with Gasteiger partial charge < -0.3 is 15.0 Å². The summed E-state index contributed by atoms with van der Waals surface area (Å²) in [7, 11) is 1.60. The molecule has 1 aliphatic heterocycles. The van der Waals surface area contributed by atoms with E-state index >= 15 is 0 Å². The number of nitrogens with zero attached hydrogens (tertiary/aromatic N) is 1. The number of hydrogen-bond donors (Lipinski definition) is 1. The number of nitrogens with one attached hydrogen (secondary N) is 1. The molecule has 0 atom stereocenters. The fourth-order valence-corrected chi connectivity index (χ4v) is 3.21. The van der Waals surface area contributed by atoms with E-state index in [0.29, 0.717) is 17.9 Å². The Kier molecular flexibility index (Phi) is 5.94. The summed E-state index contributed by atoms with van der Waals surface area (Å²) < 4.78 is 5.16. The lowest BCUT2D eigenvalue weighted by Gasteiger charge is -2.28. The number of ether oxygens (including phenoxy) is 1. The zero-order valence-electron chi connectivity index (χ0n) is 14.8. The fourth-order valence-electron chi connectivity index (χ4n) is 3.21. The van der Waals surface area contributed by atoms with Gasteiger partial charge in [0.25, 0.3) is 5.91 Å². The minimum absolute atomic E-state index is 0.0659. The van der Waals surface area contributed by atoms with Gasteiger partial charge in [-0.3, -0.25) is 4.79 Å². The zero-order valence-corrected chi connectivity index (χ0v) is 14.8. The first-order valence-corrected chi connectivity index (χ1v) is 9.02. The summed E-state index contributed by atoms with van der Waals surface area (Å²) in [6.07, 6.45) is 4.76. The molecule has 132 valence electrons. The molecule has 4 nitrogen and oxygen atoms in total. The maximum Gasteiger partial charge on any atom is 0.251 e. The van der Waals surface area contributed by atoms with Gasteiger partial charge in [0.1, 0.15) is 5.75 Å². The molecule has 25 heavy (non-hydrogen) atoms. The first kappa shape index (κ1) is 17.3. The standard InChI is InChI=1S/C21H26N2O2/c1-25-20-7-5-6-18(16-20)21(24)22-13-12-17-8-10-19(11-9-17)23-14-3-2-4-15-23/h5-11,16H,2-4,12-15H2,1H3,(H,22,24). The smallest absolute Gasteiger partial charge is 0.251 e. The summed E-state index contributed by atoms with van der Waals surface area (Å²) in [6, 6.07) is 15.9. The zero-order chi connectivity index (χ0) is 17.5. The Morgan fingerprint density at radius 2 is 1.84 bits per heavy atom. The lowest BCUT2D eigenvalue weighted by atomic mass is 10.1. The molecule has 1 heterocycles. The summed E-state index contributed by atoms with van der Waals surface area (Å²) in [4.78, 5) is 14.6. The Hall–Kier alpha value is -2.49. The number of carbonyl (C=O) groups is 1. The van der Waals surface area contributed by atoms with Crippen molar-refractivity contribution in [1.29, 1.82) is 0 Å². The van der Waals surface area contributed by atoms with Crippen molar-refractivity contribution in [2.75, 3.05) is 31.6 Å². The first-order valence-electron chi connectivity index (χ1n) is 9.02. The highest BCUT2D eigenvalue weighted by Crippen LogP contribution is 2.20. The molecule has 1 N–H and O–H groups in total. The van der Waals surface area contributed by atoms with Crippen LogP contribution in [0.3, 0.4) is 0 Å². The van der Waals surface area contributed by atoms with Gasteiger partial charge in [0.05, 0.1) is 7.11 Å². The van der Waals surface area contributed by atoms with E-state index in [4.69, 9.17) is 4.74 Å². The number of piperidine rings is 1. The second-order valence-corrected chi connectivity index (χ2v) is 6.45. The predicted molar refractivity (Wildman–Crippen MR) is 102 cm³/mol. The Morgan fingerprint density at radius 1 is 1.08 bits per heavy atom. The molecule has 0 radical (unpaired) electrons. The van der Waals surface area contributed by atoms with Gasteiger partial charge in [0, 0.05) is 30.9 Å². The maximum atomic E-state index is 12.2. The second kappa shape index (κ2) is 8.56. The van der Waals surface area contributed by atoms with E-state index < -0.39 is 0 Å². The Bertz CT molecular complexity index is 691. The molecular formula is C21H26N2O2. The second-order valence-electron chi connectivity index (χ2n) is 6.45. The highest BCUT2D eigenvalue weighted by molar-refractivity contribution is 5.94. The van der Waals surface area contributed by atoms with Crippen LogP contribution in [-0.4, -0.2) is 32.7 Å². The minimum atomic E-state index is -0.0659. The highest BCUT2D eigenvalue weighted by Gasteiger charge is 2.10. The van der Waals surface area contributed by atoms with Crippen LogP contribution in [0.4, 0.5) is 5.69 Å². The summed E-state index contributed by atoms with van der Waals surface area (Å²) in [6.45, 7) is 2.95. The largest absolute Gasteiger partial charge is 0.497 e. The molecule has 1 fully saturated rings. The quantitative estimate of drug-likeness (QED) is 0.874. The van der Waals surface area contributed by atoms with E-state index in [9.17, 15) is 4.79 Å². The molecule has 0 spiro atoms. The number of rotatable bonds is 6. The van der Waals surface area contributed by atoms with Crippen LogP contribution in [0.25, 0.3) is 0 Å². The van der Waals surface area contributed by atoms with Crippen molar-refractivity contribution in [2.24, 2.45) is 0 Å². The molecule has 0 aromatic heterocycles. The van der Waals surface area contributed by atoms with Crippen molar-refractivity contribution < 1.29 is 9.53 Å². The van der Waals surface area contributed by atoms with Gasteiger partial charge in [0.15, 0.2) is 0 Å². The summed E-state index contributed by atoms with van der Waals surface area (Å²) in [5.74, 6) is 0.629. The molecule has 2 aromatic carbocycles. The van der Waals surface area contributed by atoms with Crippen LogP contribution in [0.1, 0.15) is 35.2 Å². The van der Waals surface area contributed by atoms with E-state index in [2.05, 4.69) is 34.5 Å². The molecule has 0 saturated carbocycles. The van der Waals surface area contributed by atoms with E-state index in [0.717, 1.165) is 19.5 Å². The van der Waals surface area contributed by atoms with E-state index in [1.54, 1.807) is 19.2 Å². The third kappa shape index (κ3) is 4.75. The minimum Gasteiger partial charge on any atom is -0.497 e. The Balaban J connectivity index is 1.49. The molecule has 3 rings (SSSR count). The van der Waals surface area contributed by atoms with E-state index in [1.165, 1.54) is 30.5 Å². The first-order chi connectivity index (χ1) is 12.3. The van der Waals surface area contributed by atoms with Crippen LogP contribution in [-0.2, 0) is 6.42 Å². The number of amides is 1. The third-order valence-electron chi connectivity index (χ3n) is 4.69. The van der Waals surface area contributed by atoms with Crippen LogP contribution in [0.15, 0.2) is 48.5 Å². The summed E-state index contributed by atoms with van der Waals surface area (Å²) >= 11 is 0. The molecule has 0 bridgehead atoms. The number of methoxy groups -OCH3 is 1. The number of benzene rings is 2. The topological polar surface area (TPSA) is 41.6 Å². The van der Waals surface area contributed by atoms with Crippen LogP contribution in [0, 0.1) is 0 Å². The van der Waals surface area contributed by atoms with Gasteiger partial charge in [-0.25, -0.2) is 0 Å². The van der Waals surface area contributed by atoms with Crippen molar-refractivity contribution in [3.8, 4) is 5.75 Å². The molecule has 0 unspecified atom stereocenters.